The third-order valence-electron chi connectivity index (χ3n) is 5.65. The van der Waals surface area contributed by atoms with E-state index in [1.165, 1.54) is 46.5 Å². The minimum absolute atomic E-state index is 0.0507. The largest absolute Gasteiger partial charge is 0.424 e. The molecule has 0 aromatic heterocycles. The highest BCUT2D eigenvalue weighted by Gasteiger charge is 2.47. The summed E-state index contributed by atoms with van der Waals surface area (Å²) in [5.74, 6) is -2.61. The van der Waals surface area contributed by atoms with Crippen LogP contribution in [0.25, 0.3) is 0 Å². The van der Waals surface area contributed by atoms with Gasteiger partial charge in [-0.25, -0.2) is 0 Å². The molecule has 1 saturated heterocycles. The number of unbranched alkanes of at least 4 members (excludes halogenated alkanes) is 5. The zero-order valence-electron chi connectivity index (χ0n) is 20.5. The van der Waals surface area contributed by atoms with E-state index in [1.807, 2.05) is 6.92 Å². The number of esters is 2. The average Bonchev–Trinajstić information content (AvgIpc) is 3.23. The van der Waals surface area contributed by atoms with Crippen molar-refractivity contribution in [2.24, 2.45) is 5.92 Å². The Hall–Kier alpha value is -2.45. The second-order valence-corrected chi connectivity index (χ2v) is 8.51. The predicted molar refractivity (Wildman–Crippen MR) is 124 cm³/mol. The molecule has 1 aliphatic heterocycles. The van der Waals surface area contributed by atoms with Crippen LogP contribution in [0.2, 0.25) is 0 Å². The number of carbonyl (C=O) groups is 3. The fraction of sp³-hybridized carbons (Fsp3) is 0.640. The van der Waals surface area contributed by atoms with Gasteiger partial charge >= 0.3 is 11.9 Å². The molecule has 1 aromatic rings. The molecule has 8 nitrogen and oxygen atoms in total. The Morgan fingerprint density at radius 3 is 2.15 bits per heavy atom. The molecule has 0 spiro atoms. The molecule has 0 saturated carbocycles. The number of amides is 1. The molecule has 1 fully saturated rings. The van der Waals surface area contributed by atoms with Crippen molar-refractivity contribution < 1.29 is 33.3 Å². The molecule has 1 heterocycles. The van der Waals surface area contributed by atoms with Gasteiger partial charge in [0.1, 0.15) is 5.69 Å². The van der Waals surface area contributed by atoms with Gasteiger partial charge in [0.25, 0.3) is 0 Å². The Labute approximate surface area is 196 Å². The van der Waals surface area contributed by atoms with Gasteiger partial charge in [0, 0.05) is 26.7 Å². The third kappa shape index (κ3) is 7.27. The minimum Gasteiger partial charge on any atom is -0.424 e. The molecule has 1 atom stereocenters. The topological polar surface area (TPSA) is 100 Å². The Morgan fingerprint density at radius 1 is 0.970 bits per heavy atom. The zero-order valence-corrected chi connectivity index (χ0v) is 20.5. The van der Waals surface area contributed by atoms with Crippen LogP contribution in [0.1, 0.15) is 85.1 Å². The monoisotopic (exact) mass is 463 g/mol. The number of hydrogen-bond donors (Lipinski definition) is 1. The van der Waals surface area contributed by atoms with E-state index in [1.54, 1.807) is 12.1 Å². The molecule has 0 radical (unpaired) electrons. The summed E-state index contributed by atoms with van der Waals surface area (Å²) >= 11 is 0. The van der Waals surface area contributed by atoms with Gasteiger partial charge in [-0.2, -0.15) is 0 Å². The van der Waals surface area contributed by atoms with Gasteiger partial charge in [-0.15, -0.1) is 0 Å². The van der Waals surface area contributed by atoms with Crippen LogP contribution < -0.4 is 14.8 Å². The summed E-state index contributed by atoms with van der Waals surface area (Å²) in [6.45, 7) is 8.87. The lowest BCUT2D eigenvalue weighted by Gasteiger charge is -2.35. The summed E-state index contributed by atoms with van der Waals surface area (Å²) < 4.78 is 23.1. The number of benzene rings is 1. The Bertz CT molecular complexity index is 830. The fourth-order valence-electron chi connectivity index (χ4n) is 4.18. The van der Waals surface area contributed by atoms with Crippen molar-refractivity contribution in [2.75, 3.05) is 18.5 Å². The van der Waals surface area contributed by atoms with E-state index in [0.717, 1.165) is 19.3 Å². The lowest BCUT2D eigenvalue weighted by molar-refractivity contribution is -0.203. The molecular weight excluding hydrogens is 426 g/mol. The van der Waals surface area contributed by atoms with Crippen molar-refractivity contribution in [1.82, 2.24) is 0 Å². The molecule has 184 valence electrons. The molecule has 1 amide bonds. The van der Waals surface area contributed by atoms with Gasteiger partial charge < -0.3 is 24.3 Å². The van der Waals surface area contributed by atoms with Crippen LogP contribution in [-0.2, 0) is 29.6 Å². The van der Waals surface area contributed by atoms with Crippen molar-refractivity contribution in [3.8, 4) is 11.5 Å². The maximum Gasteiger partial charge on any atom is 0.308 e. The number of carbonyl (C=O) groups excluding carboxylic acids is 3. The van der Waals surface area contributed by atoms with Gasteiger partial charge in [-0.05, 0) is 18.6 Å². The molecule has 33 heavy (non-hydrogen) atoms. The Kier molecular flexibility index (Phi) is 10.3. The number of nitrogens with one attached hydrogen (secondary N) is 1. The van der Waals surface area contributed by atoms with Crippen LogP contribution in [0.3, 0.4) is 0 Å². The van der Waals surface area contributed by atoms with E-state index in [0.29, 0.717) is 18.8 Å². The van der Waals surface area contributed by atoms with E-state index in [9.17, 15) is 14.4 Å². The van der Waals surface area contributed by atoms with E-state index < -0.39 is 23.6 Å². The molecule has 1 N–H and O–H groups in total. The van der Waals surface area contributed by atoms with Crippen LogP contribution >= 0.6 is 0 Å². The maximum atomic E-state index is 12.0. The highest BCUT2D eigenvalue weighted by molar-refractivity contribution is 5.94. The van der Waals surface area contributed by atoms with Crippen LogP contribution in [-0.4, -0.2) is 31.1 Å². The molecule has 1 aliphatic rings. The number of rotatable bonds is 12. The first kappa shape index (κ1) is 26.8. The van der Waals surface area contributed by atoms with Crippen LogP contribution in [0.4, 0.5) is 5.69 Å². The number of anilines is 1. The first-order chi connectivity index (χ1) is 15.7. The summed E-state index contributed by atoms with van der Waals surface area (Å²) in [5, 5.41) is 2.64. The van der Waals surface area contributed by atoms with E-state index in [2.05, 4.69) is 12.2 Å². The maximum absolute atomic E-state index is 12.0. The summed E-state index contributed by atoms with van der Waals surface area (Å²) in [6, 6.07) is 3.23. The molecule has 0 bridgehead atoms. The zero-order chi connectivity index (χ0) is 24.4. The van der Waals surface area contributed by atoms with Gasteiger partial charge in [0.05, 0.1) is 18.8 Å². The lowest BCUT2D eigenvalue weighted by atomic mass is 9.87. The normalized spacial score (nSPS) is 15.7. The quantitative estimate of drug-likeness (QED) is 0.262. The van der Waals surface area contributed by atoms with Crippen molar-refractivity contribution >= 4 is 23.5 Å². The summed E-state index contributed by atoms with van der Waals surface area (Å²) in [4.78, 5) is 35.5. The molecular formula is C25H37NO7. The summed E-state index contributed by atoms with van der Waals surface area (Å²) in [6.07, 6.45) is 7.88. The van der Waals surface area contributed by atoms with Gasteiger partial charge in [-0.3, -0.25) is 14.4 Å². The SMILES string of the molecule is CCCCCCCCC(C)C1(c2ccc(OC(C)=O)c(NC(C)=O)c2OC(C)=O)OCCO1. The molecule has 8 heteroatoms. The first-order valence-electron chi connectivity index (χ1n) is 11.8. The third-order valence-corrected chi connectivity index (χ3v) is 5.65. The number of ether oxygens (including phenoxy) is 4. The second-order valence-electron chi connectivity index (χ2n) is 8.51. The van der Waals surface area contributed by atoms with Crippen molar-refractivity contribution in [2.45, 2.75) is 85.4 Å². The van der Waals surface area contributed by atoms with Crippen molar-refractivity contribution in [1.29, 1.82) is 0 Å². The fourth-order valence-corrected chi connectivity index (χ4v) is 4.18. The van der Waals surface area contributed by atoms with Crippen LogP contribution in [0.15, 0.2) is 12.1 Å². The second kappa shape index (κ2) is 12.7. The Morgan fingerprint density at radius 2 is 1.58 bits per heavy atom. The molecule has 0 aliphatic carbocycles. The summed E-state index contributed by atoms with van der Waals surface area (Å²) in [7, 11) is 0. The van der Waals surface area contributed by atoms with Crippen molar-refractivity contribution in [3.63, 3.8) is 0 Å². The first-order valence-corrected chi connectivity index (χ1v) is 11.8. The smallest absolute Gasteiger partial charge is 0.308 e. The van der Waals surface area contributed by atoms with Crippen molar-refractivity contribution in [3.05, 3.63) is 17.7 Å². The predicted octanol–water partition coefficient (Wildman–Crippen LogP) is 5.08. The highest BCUT2D eigenvalue weighted by Crippen LogP contribution is 2.49. The van der Waals surface area contributed by atoms with E-state index in [4.69, 9.17) is 18.9 Å². The number of hydrogen-bond acceptors (Lipinski definition) is 7. The average molecular weight is 464 g/mol. The van der Waals surface area contributed by atoms with E-state index in [-0.39, 0.29) is 23.1 Å². The van der Waals surface area contributed by atoms with Crippen LogP contribution in [0, 0.1) is 5.92 Å². The molecule has 1 aromatic carbocycles. The highest BCUT2D eigenvalue weighted by atomic mass is 16.7. The Balaban J connectivity index is 2.44. The lowest BCUT2D eigenvalue weighted by Crippen LogP contribution is -2.36. The van der Waals surface area contributed by atoms with Crippen LogP contribution in [0.5, 0.6) is 11.5 Å². The van der Waals surface area contributed by atoms with Gasteiger partial charge in [0.2, 0.25) is 11.7 Å². The van der Waals surface area contributed by atoms with Gasteiger partial charge in [0.15, 0.2) is 11.5 Å². The van der Waals surface area contributed by atoms with Gasteiger partial charge in [-0.1, -0.05) is 52.4 Å². The van der Waals surface area contributed by atoms with E-state index >= 15 is 0 Å². The minimum atomic E-state index is -1.14. The standard InChI is InChI=1S/C25H37NO7/c1-6-7-8-9-10-11-12-17(2)25(30-15-16-31-25)21-13-14-22(32-19(4)28)23(26-18(3)27)24(21)33-20(5)29/h13-14,17H,6-12,15-16H2,1-5H3,(H,26,27). The summed E-state index contributed by atoms with van der Waals surface area (Å²) in [5.41, 5.74) is 0.573. The molecule has 2 rings (SSSR count). The molecule has 1 unspecified atom stereocenters.